The molecular weight excluding hydrogens is 180 g/mol. The topological polar surface area (TPSA) is 49.7 Å². The Kier molecular flexibility index (Phi) is 3.99. The number of ether oxygens (including phenoxy) is 1. The van der Waals surface area contributed by atoms with Crippen LogP contribution in [0, 0.1) is 12.3 Å². The average Bonchev–Trinajstić information content (AvgIpc) is 2.26. The Morgan fingerprint density at radius 2 is 2.00 bits per heavy atom. The Morgan fingerprint density at radius 1 is 1.36 bits per heavy atom. The number of terminal acetylenes is 1. The van der Waals surface area contributed by atoms with Gasteiger partial charge >= 0.3 is 0 Å². The molecule has 3 nitrogen and oxygen atoms in total. The molecule has 0 unspecified atom stereocenters. The van der Waals surface area contributed by atoms with Crippen LogP contribution in [0.3, 0.4) is 0 Å². The molecule has 3 heteroatoms. The normalized spacial score (nSPS) is 11.8. The second-order valence-corrected chi connectivity index (χ2v) is 2.80. The number of benzene rings is 1. The average molecular weight is 192 g/mol. The van der Waals surface area contributed by atoms with Crippen LogP contribution in [-0.2, 0) is 6.61 Å². The highest BCUT2D eigenvalue weighted by atomic mass is 16.5. The lowest BCUT2D eigenvalue weighted by atomic mass is 10.2. The number of aliphatic hydroxyl groups is 2. The summed E-state index contributed by atoms with van der Waals surface area (Å²) >= 11 is 0. The summed E-state index contributed by atoms with van der Waals surface area (Å²) in [5, 5.41) is 17.8. The maximum atomic E-state index is 9.02. The summed E-state index contributed by atoms with van der Waals surface area (Å²) in [4.78, 5) is 0. The molecule has 0 aliphatic carbocycles. The molecule has 0 spiro atoms. The van der Waals surface area contributed by atoms with Crippen LogP contribution in [-0.4, -0.2) is 22.9 Å². The van der Waals surface area contributed by atoms with E-state index in [-0.39, 0.29) is 13.2 Å². The number of rotatable bonds is 4. The molecule has 1 aromatic rings. The summed E-state index contributed by atoms with van der Waals surface area (Å²) in [5.74, 6) is 2.77. The van der Waals surface area contributed by atoms with Crippen molar-refractivity contribution in [2.45, 2.75) is 12.7 Å². The predicted molar refractivity (Wildman–Crippen MR) is 52.7 cm³/mol. The standard InChI is InChI=1S/C11H12O3/c1-2-10(13)8-14-11-5-3-9(7-12)4-6-11/h1,3-6,10,12-13H,7-8H2/t10-/m0/s1. The highest BCUT2D eigenvalue weighted by Gasteiger charge is 1.99. The molecule has 0 heterocycles. The molecule has 0 saturated heterocycles. The third kappa shape index (κ3) is 3.09. The van der Waals surface area contributed by atoms with Gasteiger partial charge in [-0.1, -0.05) is 18.1 Å². The molecule has 0 radical (unpaired) electrons. The number of aliphatic hydroxyl groups excluding tert-OH is 2. The molecule has 0 amide bonds. The Hall–Kier alpha value is -1.50. The van der Waals surface area contributed by atoms with Gasteiger partial charge in [-0.15, -0.1) is 6.42 Å². The van der Waals surface area contributed by atoms with Crippen LogP contribution in [0.4, 0.5) is 0 Å². The van der Waals surface area contributed by atoms with Crippen LogP contribution in [0.5, 0.6) is 5.75 Å². The van der Waals surface area contributed by atoms with Crippen LogP contribution in [0.1, 0.15) is 5.56 Å². The fourth-order valence-electron chi connectivity index (χ4n) is 0.914. The molecule has 0 aliphatic rings. The van der Waals surface area contributed by atoms with Crippen LogP contribution in [0.15, 0.2) is 24.3 Å². The van der Waals surface area contributed by atoms with Crippen molar-refractivity contribution in [1.82, 2.24) is 0 Å². The van der Waals surface area contributed by atoms with Crippen LogP contribution in [0.2, 0.25) is 0 Å². The van der Waals surface area contributed by atoms with Gasteiger partial charge in [-0.25, -0.2) is 0 Å². The summed E-state index contributed by atoms with van der Waals surface area (Å²) in [5.41, 5.74) is 0.815. The molecule has 0 aromatic heterocycles. The van der Waals surface area contributed by atoms with E-state index in [0.717, 1.165) is 5.56 Å². The minimum Gasteiger partial charge on any atom is -0.490 e. The molecular formula is C11H12O3. The second-order valence-electron chi connectivity index (χ2n) is 2.80. The molecule has 1 atom stereocenters. The van der Waals surface area contributed by atoms with Gasteiger partial charge in [-0.3, -0.25) is 0 Å². The summed E-state index contributed by atoms with van der Waals surface area (Å²) in [6, 6.07) is 6.93. The third-order valence-electron chi connectivity index (χ3n) is 1.71. The first-order chi connectivity index (χ1) is 6.76. The smallest absolute Gasteiger partial charge is 0.148 e. The minimum absolute atomic E-state index is 0.00720. The van der Waals surface area contributed by atoms with Crippen molar-refractivity contribution in [2.75, 3.05) is 6.61 Å². The van der Waals surface area contributed by atoms with Crippen molar-refractivity contribution in [1.29, 1.82) is 0 Å². The summed E-state index contributed by atoms with van der Waals surface area (Å²) in [6.45, 7) is 0.0855. The van der Waals surface area contributed by atoms with Crippen molar-refractivity contribution in [3.05, 3.63) is 29.8 Å². The zero-order valence-electron chi connectivity index (χ0n) is 7.68. The van der Waals surface area contributed by atoms with Gasteiger partial charge in [-0.2, -0.15) is 0 Å². The first-order valence-corrected chi connectivity index (χ1v) is 4.23. The Labute approximate surface area is 83.0 Å². The predicted octanol–water partition coefficient (Wildman–Crippen LogP) is 0.552. The Bertz CT molecular complexity index is 310. The monoisotopic (exact) mass is 192 g/mol. The summed E-state index contributed by atoms with van der Waals surface area (Å²) in [7, 11) is 0. The molecule has 0 saturated carbocycles. The van der Waals surface area contributed by atoms with Gasteiger partial charge in [0.25, 0.3) is 0 Å². The lowest BCUT2D eigenvalue weighted by molar-refractivity contribution is 0.151. The molecule has 1 aromatic carbocycles. The van der Waals surface area contributed by atoms with Crippen LogP contribution >= 0.6 is 0 Å². The first-order valence-electron chi connectivity index (χ1n) is 4.23. The van der Waals surface area contributed by atoms with Crippen molar-refractivity contribution < 1.29 is 14.9 Å². The maximum absolute atomic E-state index is 9.02. The zero-order valence-corrected chi connectivity index (χ0v) is 7.68. The maximum Gasteiger partial charge on any atom is 0.148 e. The molecule has 0 bridgehead atoms. The van der Waals surface area contributed by atoms with E-state index >= 15 is 0 Å². The molecule has 0 fully saturated rings. The van der Waals surface area contributed by atoms with E-state index in [1.54, 1.807) is 24.3 Å². The number of hydrogen-bond donors (Lipinski definition) is 2. The van der Waals surface area contributed by atoms with Crippen LogP contribution in [0.25, 0.3) is 0 Å². The quantitative estimate of drug-likeness (QED) is 0.685. The largest absolute Gasteiger partial charge is 0.490 e. The lowest BCUT2D eigenvalue weighted by Crippen LogP contribution is -2.14. The van der Waals surface area contributed by atoms with E-state index in [4.69, 9.17) is 21.4 Å². The number of hydrogen-bond acceptors (Lipinski definition) is 3. The van der Waals surface area contributed by atoms with Gasteiger partial charge < -0.3 is 14.9 Å². The van der Waals surface area contributed by atoms with Gasteiger partial charge in [0.05, 0.1) is 6.61 Å². The molecule has 1 rings (SSSR count). The van der Waals surface area contributed by atoms with Gasteiger partial charge in [0, 0.05) is 0 Å². The van der Waals surface area contributed by atoms with Gasteiger partial charge in [-0.05, 0) is 17.7 Å². The fraction of sp³-hybridized carbons (Fsp3) is 0.273. The van der Waals surface area contributed by atoms with E-state index in [0.29, 0.717) is 5.75 Å². The second kappa shape index (κ2) is 5.28. The molecule has 14 heavy (non-hydrogen) atoms. The van der Waals surface area contributed by atoms with Crippen molar-refractivity contribution in [2.24, 2.45) is 0 Å². The van der Waals surface area contributed by atoms with E-state index in [2.05, 4.69) is 5.92 Å². The molecule has 74 valence electrons. The van der Waals surface area contributed by atoms with E-state index in [1.807, 2.05) is 0 Å². The lowest BCUT2D eigenvalue weighted by Gasteiger charge is -2.07. The van der Waals surface area contributed by atoms with E-state index in [9.17, 15) is 0 Å². The molecule has 0 aliphatic heterocycles. The van der Waals surface area contributed by atoms with E-state index in [1.165, 1.54) is 0 Å². The Morgan fingerprint density at radius 3 is 2.50 bits per heavy atom. The van der Waals surface area contributed by atoms with Crippen molar-refractivity contribution in [3.63, 3.8) is 0 Å². The molecule has 2 N–H and O–H groups in total. The third-order valence-corrected chi connectivity index (χ3v) is 1.71. The van der Waals surface area contributed by atoms with Gasteiger partial charge in [0.1, 0.15) is 18.5 Å². The van der Waals surface area contributed by atoms with Gasteiger partial charge in [0.15, 0.2) is 0 Å². The van der Waals surface area contributed by atoms with Gasteiger partial charge in [0.2, 0.25) is 0 Å². The fourth-order valence-corrected chi connectivity index (χ4v) is 0.914. The summed E-state index contributed by atoms with van der Waals surface area (Å²) in [6.07, 6.45) is 4.09. The van der Waals surface area contributed by atoms with Crippen molar-refractivity contribution >= 4 is 0 Å². The Balaban J connectivity index is 2.48. The van der Waals surface area contributed by atoms with Crippen molar-refractivity contribution in [3.8, 4) is 18.1 Å². The van der Waals surface area contributed by atoms with E-state index < -0.39 is 6.10 Å². The highest BCUT2D eigenvalue weighted by molar-refractivity contribution is 5.26. The minimum atomic E-state index is -0.882. The highest BCUT2D eigenvalue weighted by Crippen LogP contribution is 2.12. The summed E-state index contributed by atoms with van der Waals surface area (Å²) < 4.78 is 5.18. The first kappa shape index (κ1) is 10.6. The van der Waals surface area contributed by atoms with Crippen LogP contribution < -0.4 is 4.74 Å². The SMILES string of the molecule is C#C[C@H](O)COc1ccc(CO)cc1. The zero-order chi connectivity index (χ0) is 10.4.